The molecular weight excluding hydrogens is 292 g/mol. The second-order valence-electron chi connectivity index (χ2n) is 4.98. The topological polar surface area (TPSA) is 42.0 Å². The Morgan fingerprint density at radius 2 is 2.22 bits per heavy atom. The van der Waals surface area contributed by atoms with Gasteiger partial charge in [0.05, 0.1) is 0 Å². The molecule has 1 aliphatic rings. The minimum atomic E-state index is -0.0566. The molecule has 1 heterocycles. The standard InChI is InChI=1S/C14H19BrN2O/c1-10-4-2-7-13(17-10)14(18)16-9-12-6-3-5-11(12)8-15/h2,4,7,11-12H,3,5-6,8-9H2,1H3,(H,16,18). The second-order valence-corrected chi connectivity index (χ2v) is 5.63. The van der Waals surface area contributed by atoms with Crippen LogP contribution in [0.25, 0.3) is 0 Å². The Kier molecular flexibility index (Phi) is 4.75. The third kappa shape index (κ3) is 3.31. The number of amides is 1. The van der Waals surface area contributed by atoms with Crippen LogP contribution < -0.4 is 5.32 Å². The molecule has 4 heteroatoms. The van der Waals surface area contributed by atoms with Gasteiger partial charge in [-0.15, -0.1) is 0 Å². The number of hydrogen-bond acceptors (Lipinski definition) is 2. The fourth-order valence-electron chi connectivity index (χ4n) is 2.57. The zero-order valence-electron chi connectivity index (χ0n) is 10.7. The maximum absolute atomic E-state index is 12.0. The largest absolute Gasteiger partial charge is 0.350 e. The normalized spacial score (nSPS) is 23.0. The Morgan fingerprint density at radius 3 is 2.94 bits per heavy atom. The quantitative estimate of drug-likeness (QED) is 0.869. The molecule has 0 radical (unpaired) electrons. The Hall–Kier alpha value is -0.900. The molecular formula is C14H19BrN2O. The number of nitrogens with one attached hydrogen (secondary N) is 1. The molecule has 0 saturated heterocycles. The maximum atomic E-state index is 12.0. The molecule has 2 rings (SSSR count). The average Bonchev–Trinajstić information content (AvgIpc) is 2.83. The predicted molar refractivity (Wildman–Crippen MR) is 75.9 cm³/mol. The van der Waals surface area contributed by atoms with Crippen LogP contribution in [0.1, 0.15) is 35.4 Å². The van der Waals surface area contributed by atoms with Crippen LogP contribution in [0.4, 0.5) is 0 Å². The average molecular weight is 311 g/mol. The highest BCUT2D eigenvalue weighted by atomic mass is 79.9. The molecule has 1 aromatic rings. The molecule has 0 aliphatic heterocycles. The number of alkyl halides is 1. The van der Waals surface area contributed by atoms with E-state index in [1.54, 1.807) is 6.07 Å². The lowest BCUT2D eigenvalue weighted by Gasteiger charge is -2.17. The van der Waals surface area contributed by atoms with Crippen molar-refractivity contribution in [3.63, 3.8) is 0 Å². The molecule has 0 spiro atoms. The highest BCUT2D eigenvalue weighted by Gasteiger charge is 2.26. The van der Waals surface area contributed by atoms with Gasteiger partial charge in [-0.3, -0.25) is 4.79 Å². The van der Waals surface area contributed by atoms with Gasteiger partial charge in [0.15, 0.2) is 0 Å². The fraction of sp³-hybridized carbons (Fsp3) is 0.571. The maximum Gasteiger partial charge on any atom is 0.269 e. The highest BCUT2D eigenvalue weighted by Crippen LogP contribution is 2.32. The summed E-state index contributed by atoms with van der Waals surface area (Å²) < 4.78 is 0. The van der Waals surface area contributed by atoms with E-state index in [9.17, 15) is 4.79 Å². The molecule has 1 aliphatic carbocycles. The van der Waals surface area contributed by atoms with Crippen molar-refractivity contribution in [2.24, 2.45) is 11.8 Å². The van der Waals surface area contributed by atoms with Gasteiger partial charge >= 0.3 is 0 Å². The van der Waals surface area contributed by atoms with E-state index in [1.165, 1.54) is 19.3 Å². The summed E-state index contributed by atoms with van der Waals surface area (Å²) in [5.74, 6) is 1.26. The lowest BCUT2D eigenvalue weighted by atomic mass is 9.98. The summed E-state index contributed by atoms with van der Waals surface area (Å²) in [6.07, 6.45) is 3.77. The number of pyridine rings is 1. The van der Waals surface area contributed by atoms with Gasteiger partial charge < -0.3 is 5.32 Å². The number of carbonyl (C=O) groups is 1. The Labute approximate surface area is 117 Å². The molecule has 0 aromatic carbocycles. The molecule has 1 saturated carbocycles. The van der Waals surface area contributed by atoms with Gasteiger partial charge in [-0.2, -0.15) is 0 Å². The van der Waals surface area contributed by atoms with Crippen molar-refractivity contribution in [3.05, 3.63) is 29.6 Å². The van der Waals surface area contributed by atoms with E-state index in [0.717, 1.165) is 17.6 Å². The summed E-state index contributed by atoms with van der Waals surface area (Å²) >= 11 is 3.55. The monoisotopic (exact) mass is 310 g/mol. The zero-order chi connectivity index (χ0) is 13.0. The lowest BCUT2D eigenvalue weighted by molar-refractivity contribution is 0.0939. The van der Waals surface area contributed by atoms with E-state index in [2.05, 4.69) is 26.2 Å². The molecule has 18 heavy (non-hydrogen) atoms. The summed E-state index contributed by atoms with van der Waals surface area (Å²) in [4.78, 5) is 16.2. The van der Waals surface area contributed by atoms with Crippen LogP contribution >= 0.6 is 15.9 Å². The summed E-state index contributed by atoms with van der Waals surface area (Å²) in [6.45, 7) is 2.67. The van der Waals surface area contributed by atoms with Crippen molar-refractivity contribution in [1.82, 2.24) is 10.3 Å². The molecule has 1 fully saturated rings. The van der Waals surface area contributed by atoms with Crippen molar-refractivity contribution < 1.29 is 4.79 Å². The van der Waals surface area contributed by atoms with Crippen LogP contribution in [0, 0.1) is 18.8 Å². The molecule has 1 N–H and O–H groups in total. The molecule has 2 unspecified atom stereocenters. The number of carbonyl (C=O) groups excluding carboxylic acids is 1. The fourth-order valence-corrected chi connectivity index (χ4v) is 3.42. The van der Waals surface area contributed by atoms with Gasteiger partial charge in [0.1, 0.15) is 5.69 Å². The van der Waals surface area contributed by atoms with Crippen LogP contribution in [0.5, 0.6) is 0 Å². The van der Waals surface area contributed by atoms with Crippen LogP contribution in [0.2, 0.25) is 0 Å². The van der Waals surface area contributed by atoms with Gasteiger partial charge in [-0.25, -0.2) is 4.98 Å². The molecule has 0 bridgehead atoms. The van der Waals surface area contributed by atoms with Crippen molar-refractivity contribution in [1.29, 1.82) is 0 Å². The number of halogens is 1. The first-order chi connectivity index (χ1) is 8.70. The van der Waals surface area contributed by atoms with E-state index in [4.69, 9.17) is 0 Å². The number of hydrogen-bond donors (Lipinski definition) is 1. The van der Waals surface area contributed by atoms with Gasteiger partial charge in [-0.05, 0) is 43.7 Å². The number of rotatable bonds is 4. The van der Waals surface area contributed by atoms with E-state index in [-0.39, 0.29) is 5.91 Å². The Bertz CT molecular complexity index is 422. The van der Waals surface area contributed by atoms with Crippen molar-refractivity contribution >= 4 is 21.8 Å². The van der Waals surface area contributed by atoms with Crippen molar-refractivity contribution in [2.45, 2.75) is 26.2 Å². The van der Waals surface area contributed by atoms with Crippen molar-refractivity contribution in [2.75, 3.05) is 11.9 Å². The van der Waals surface area contributed by atoms with E-state index in [0.29, 0.717) is 17.5 Å². The smallest absolute Gasteiger partial charge is 0.269 e. The third-order valence-corrected chi connectivity index (χ3v) is 4.49. The van der Waals surface area contributed by atoms with Crippen LogP contribution in [0.3, 0.4) is 0 Å². The summed E-state index contributed by atoms with van der Waals surface area (Å²) in [6, 6.07) is 5.53. The van der Waals surface area contributed by atoms with Crippen LogP contribution in [-0.2, 0) is 0 Å². The summed E-state index contributed by atoms with van der Waals surface area (Å²) in [7, 11) is 0. The van der Waals surface area contributed by atoms with E-state index >= 15 is 0 Å². The minimum Gasteiger partial charge on any atom is -0.350 e. The first-order valence-corrected chi connectivity index (χ1v) is 7.60. The second kappa shape index (κ2) is 6.32. The van der Waals surface area contributed by atoms with Gasteiger partial charge in [0.25, 0.3) is 5.91 Å². The molecule has 1 amide bonds. The first-order valence-electron chi connectivity index (χ1n) is 6.48. The number of aryl methyl sites for hydroxylation is 1. The number of nitrogens with zero attached hydrogens (tertiary/aromatic N) is 1. The lowest BCUT2D eigenvalue weighted by Crippen LogP contribution is -2.31. The summed E-state index contributed by atoms with van der Waals surface area (Å²) in [5.41, 5.74) is 1.39. The van der Waals surface area contributed by atoms with E-state index < -0.39 is 0 Å². The van der Waals surface area contributed by atoms with E-state index in [1.807, 2.05) is 19.1 Å². The van der Waals surface area contributed by atoms with Gasteiger partial charge in [0.2, 0.25) is 0 Å². The molecule has 3 nitrogen and oxygen atoms in total. The van der Waals surface area contributed by atoms with Crippen LogP contribution in [-0.4, -0.2) is 22.8 Å². The SMILES string of the molecule is Cc1cccc(C(=O)NCC2CCCC2CBr)n1. The van der Waals surface area contributed by atoms with Crippen molar-refractivity contribution in [3.8, 4) is 0 Å². The first kappa shape index (κ1) is 13.5. The van der Waals surface area contributed by atoms with Gasteiger partial charge in [0, 0.05) is 17.6 Å². The minimum absolute atomic E-state index is 0.0566. The molecule has 2 atom stereocenters. The summed E-state index contributed by atoms with van der Waals surface area (Å²) in [5, 5.41) is 4.05. The third-order valence-electron chi connectivity index (χ3n) is 3.66. The zero-order valence-corrected chi connectivity index (χ0v) is 12.2. The number of aromatic nitrogens is 1. The molecule has 1 aromatic heterocycles. The van der Waals surface area contributed by atoms with Gasteiger partial charge in [-0.1, -0.05) is 28.4 Å². The Morgan fingerprint density at radius 1 is 1.44 bits per heavy atom. The predicted octanol–water partition coefficient (Wildman–Crippen LogP) is 2.93. The Balaban J connectivity index is 1.88. The molecule has 98 valence electrons. The van der Waals surface area contributed by atoms with Crippen LogP contribution in [0.15, 0.2) is 18.2 Å². The highest BCUT2D eigenvalue weighted by molar-refractivity contribution is 9.09.